The SMILES string of the molecule is O=C([O-])CC(NC(=O)CNC(=O)c1cccc(NC2=NCCCC2)c1)c1cc(Cl)cc(Cl)c1. The summed E-state index contributed by atoms with van der Waals surface area (Å²) in [6.45, 7) is 0.443. The Morgan fingerprint density at radius 2 is 1.82 bits per heavy atom. The van der Waals surface area contributed by atoms with Crippen LogP contribution >= 0.6 is 23.2 Å². The van der Waals surface area contributed by atoms with E-state index in [-0.39, 0.29) is 6.54 Å². The number of benzene rings is 2. The lowest BCUT2D eigenvalue weighted by Gasteiger charge is -2.20. The van der Waals surface area contributed by atoms with Crippen molar-refractivity contribution in [2.24, 2.45) is 4.99 Å². The van der Waals surface area contributed by atoms with Crippen molar-refractivity contribution in [1.82, 2.24) is 10.6 Å². The fraction of sp³-hybridized carbons (Fsp3) is 0.304. The molecule has 1 heterocycles. The van der Waals surface area contributed by atoms with E-state index in [1.165, 1.54) is 18.2 Å². The van der Waals surface area contributed by atoms with Gasteiger partial charge in [-0.2, -0.15) is 0 Å². The zero-order chi connectivity index (χ0) is 23.8. The molecule has 0 spiro atoms. The first kappa shape index (κ1) is 24.5. The third-order valence-corrected chi connectivity index (χ3v) is 5.38. The van der Waals surface area contributed by atoms with Gasteiger partial charge in [-0.3, -0.25) is 14.6 Å². The number of aliphatic carboxylic acids is 1. The molecule has 2 amide bonds. The van der Waals surface area contributed by atoms with E-state index in [2.05, 4.69) is 20.9 Å². The number of rotatable bonds is 8. The van der Waals surface area contributed by atoms with Crippen LogP contribution < -0.4 is 21.1 Å². The van der Waals surface area contributed by atoms with Crippen LogP contribution in [0.3, 0.4) is 0 Å². The highest BCUT2D eigenvalue weighted by molar-refractivity contribution is 6.34. The average molecular weight is 490 g/mol. The molecule has 0 aromatic heterocycles. The van der Waals surface area contributed by atoms with E-state index in [9.17, 15) is 19.5 Å². The molecule has 1 atom stereocenters. The molecule has 1 aliphatic heterocycles. The molecule has 0 saturated carbocycles. The number of nitrogens with zero attached hydrogens (tertiary/aromatic N) is 1. The van der Waals surface area contributed by atoms with Crippen LogP contribution in [-0.4, -0.2) is 36.7 Å². The van der Waals surface area contributed by atoms with Crippen LogP contribution in [0.4, 0.5) is 5.69 Å². The number of halogens is 2. The van der Waals surface area contributed by atoms with Crippen molar-refractivity contribution >= 4 is 52.5 Å². The van der Waals surface area contributed by atoms with Crippen molar-refractivity contribution in [1.29, 1.82) is 0 Å². The maximum Gasteiger partial charge on any atom is 0.251 e. The molecule has 3 rings (SSSR count). The first-order chi connectivity index (χ1) is 15.8. The first-order valence-corrected chi connectivity index (χ1v) is 11.2. The number of carbonyl (C=O) groups excluding carboxylic acids is 3. The molecule has 0 bridgehead atoms. The van der Waals surface area contributed by atoms with Crippen molar-refractivity contribution in [2.75, 3.05) is 18.4 Å². The average Bonchev–Trinajstić information content (AvgIpc) is 2.77. The molecule has 0 fully saturated rings. The Morgan fingerprint density at radius 3 is 2.48 bits per heavy atom. The topological polar surface area (TPSA) is 123 Å². The minimum atomic E-state index is -1.35. The lowest BCUT2D eigenvalue weighted by Crippen LogP contribution is -2.40. The van der Waals surface area contributed by atoms with Crippen molar-refractivity contribution in [3.8, 4) is 0 Å². The summed E-state index contributed by atoms with van der Waals surface area (Å²) in [6, 6.07) is 10.5. The predicted molar refractivity (Wildman–Crippen MR) is 126 cm³/mol. The summed E-state index contributed by atoms with van der Waals surface area (Å²) in [6.07, 6.45) is 2.53. The third-order valence-electron chi connectivity index (χ3n) is 4.94. The summed E-state index contributed by atoms with van der Waals surface area (Å²) in [4.78, 5) is 40.5. The Labute approximate surface area is 201 Å². The summed E-state index contributed by atoms with van der Waals surface area (Å²) >= 11 is 12.0. The predicted octanol–water partition coefficient (Wildman–Crippen LogP) is 2.72. The fourth-order valence-electron chi connectivity index (χ4n) is 3.41. The maximum atomic E-state index is 12.5. The van der Waals surface area contributed by atoms with Gasteiger partial charge in [-0.25, -0.2) is 0 Å². The van der Waals surface area contributed by atoms with Gasteiger partial charge in [0.05, 0.1) is 12.6 Å². The molecule has 10 heteroatoms. The van der Waals surface area contributed by atoms with E-state index in [4.69, 9.17) is 23.2 Å². The summed E-state index contributed by atoms with van der Waals surface area (Å²) in [7, 11) is 0. The molecule has 2 aromatic carbocycles. The lowest BCUT2D eigenvalue weighted by atomic mass is 10.0. The summed E-state index contributed by atoms with van der Waals surface area (Å²) in [5.41, 5.74) is 1.53. The highest BCUT2D eigenvalue weighted by atomic mass is 35.5. The molecule has 2 aromatic rings. The van der Waals surface area contributed by atoms with Crippen LogP contribution in [0.1, 0.15) is 47.6 Å². The molecule has 3 N–H and O–H groups in total. The molecular formula is C23H23Cl2N4O4-. The number of carboxylic acid groups (broad SMARTS) is 1. The third kappa shape index (κ3) is 7.76. The molecule has 0 radical (unpaired) electrons. The first-order valence-electron chi connectivity index (χ1n) is 10.4. The van der Waals surface area contributed by atoms with Gasteiger partial charge in [0.1, 0.15) is 5.84 Å². The minimum absolute atomic E-state index is 0.302. The Hall–Kier alpha value is -3.10. The lowest BCUT2D eigenvalue weighted by molar-refractivity contribution is -0.306. The summed E-state index contributed by atoms with van der Waals surface area (Å²) in [5.74, 6) is -1.48. The van der Waals surface area contributed by atoms with Gasteiger partial charge >= 0.3 is 0 Å². The second kappa shape index (κ2) is 11.7. The van der Waals surface area contributed by atoms with E-state index >= 15 is 0 Å². The fourth-order valence-corrected chi connectivity index (χ4v) is 3.95. The second-order valence-electron chi connectivity index (χ2n) is 7.57. The minimum Gasteiger partial charge on any atom is -0.550 e. The van der Waals surface area contributed by atoms with Gasteiger partial charge in [0.2, 0.25) is 5.91 Å². The molecule has 8 nitrogen and oxygen atoms in total. The van der Waals surface area contributed by atoms with Crippen LogP contribution in [0.5, 0.6) is 0 Å². The van der Waals surface area contributed by atoms with Crippen molar-refractivity contribution < 1.29 is 19.5 Å². The van der Waals surface area contributed by atoms with Gasteiger partial charge in [0, 0.05) is 46.7 Å². The highest BCUT2D eigenvalue weighted by Crippen LogP contribution is 2.25. The summed E-state index contributed by atoms with van der Waals surface area (Å²) < 4.78 is 0. The van der Waals surface area contributed by atoms with Gasteiger partial charge in [-0.15, -0.1) is 0 Å². The number of aliphatic imine (C=N–C) groups is 1. The number of carboxylic acids is 1. The number of nitrogens with one attached hydrogen (secondary N) is 3. The van der Waals surface area contributed by atoms with Gasteiger partial charge in [-0.1, -0.05) is 29.3 Å². The molecule has 0 aliphatic carbocycles. The standard InChI is InChI=1S/C23H24Cl2N4O4/c24-16-8-15(9-17(25)11-16)19(12-22(31)32)29-21(30)13-27-23(33)14-4-3-5-18(10-14)28-20-6-1-2-7-26-20/h3-5,8-11,19H,1-2,6-7,12-13H2,(H,26,28)(H,27,33)(H,29,30)(H,31,32)/p-1. The van der Waals surface area contributed by atoms with E-state index in [0.29, 0.717) is 21.2 Å². The van der Waals surface area contributed by atoms with Gasteiger partial charge in [-0.05, 0) is 54.8 Å². The number of carbonyl (C=O) groups is 3. The number of anilines is 1. The Bertz CT molecular complexity index is 1050. The van der Waals surface area contributed by atoms with Crippen molar-refractivity contribution in [3.05, 3.63) is 63.6 Å². The Kier molecular flexibility index (Phi) is 8.68. The van der Waals surface area contributed by atoms with Crippen LogP contribution in [0.2, 0.25) is 10.0 Å². The molecule has 0 saturated heterocycles. The normalized spacial score (nSPS) is 14.1. The number of hydrogen-bond acceptors (Lipinski definition) is 6. The molecule has 174 valence electrons. The van der Waals surface area contributed by atoms with Gasteiger partial charge in [0.25, 0.3) is 5.91 Å². The molecule has 33 heavy (non-hydrogen) atoms. The quantitative estimate of drug-likeness (QED) is 0.525. The smallest absolute Gasteiger partial charge is 0.251 e. The largest absolute Gasteiger partial charge is 0.550 e. The second-order valence-corrected chi connectivity index (χ2v) is 8.45. The zero-order valence-corrected chi connectivity index (χ0v) is 19.2. The number of hydrogen-bond donors (Lipinski definition) is 3. The van der Waals surface area contributed by atoms with Gasteiger partial charge < -0.3 is 25.9 Å². The summed E-state index contributed by atoms with van der Waals surface area (Å²) in [5, 5.41) is 20.1. The van der Waals surface area contributed by atoms with Crippen LogP contribution in [0.15, 0.2) is 47.5 Å². The van der Waals surface area contributed by atoms with E-state index < -0.39 is 30.2 Å². The maximum absolute atomic E-state index is 12.5. The van der Waals surface area contributed by atoms with E-state index in [1.54, 1.807) is 18.2 Å². The molecule has 1 unspecified atom stereocenters. The monoisotopic (exact) mass is 489 g/mol. The van der Waals surface area contributed by atoms with Gasteiger partial charge in [0.15, 0.2) is 0 Å². The van der Waals surface area contributed by atoms with Crippen LogP contribution in [0.25, 0.3) is 0 Å². The highest BCUT2D eigenvalue weighted by Gasteiger charge is 2.17. The van der Waals surface area contributed by atoms with Crippen molar-refractivity contribution in [2.45, 2.75) is 31.7 Å². The van der Waals surface area contributed by atoms with Crippen LogP contribution in [-0.2, 0) is 9.59 Å². The zero-order valence-electron chi connectivity index (χ0n) is 17.7. The Balaban J connectivity index is 1.59. The number of amides is 2. The van der Waals surface area contributed by atoms with Crippen LogP contribution in [0, 0.1) is 0 Å². The molecular weight excluding hydrogens is 467 g/mol. The van der Waals surface area contributed by atoms with Crippen molar-refractivity contribution in [3.63, 3.8) is 0 Å². The van der Waals surface area contributed by atoms with E-state index in [1.807, 2.05) is 6.07 Å². The number of amidine groups is 1. The Morgan fingerprint density at radius 1 is 1.06 bits per heavy atom. The molecule has 1 aliphatic rings. The van der Waals surface area contributed by atoms with E-state index in [0.717, 1.165) is 37.3 Å².